The first-order valence-corrected chi connectivity index (χ1v) is 11.1. The third-order valence-corrected chi connectivity index (χ3v) is 5.94. The van der Waals surface area contributed by atoms with Crippen molar-refractivity contribution in [1.29, 1.82) is 0 Å². The molecule has 3 rings (SSSR count). The van der Waals surface area contributed by atoms with Gasteiger partial charge in [0.1, 0.15) is 11.5 Å². The summed E-state index contributed by atoms with van der Waals surface area (Å²) < 4.78 is 5.85. The zero-order valence-electron chi connectivity index (χ0n) is 16.7. The molecule has 1 heterocycles. The van der Waals surface area contributed by atoms with Gasteiger partial charge in [0.05, 0.1) is 11.9 Å². The topological polar surface area (TPSA) is 72.5 Å². The molecule has 1 atom stereocenters. The predicted molar refractivity (Wildman–Crippen MR) is 116 cm³/mol. The van der Waals surface area contributed by atoms with Crippen LogP contribution in [-0.4, -0.2) is 28.8 Å². The van der Waals surface area contributed by atoms with E-state index in [0.29, 0.717) is 31.7 Å². The van der Waals surface area contributed by atoms with E-state index in [1.165, 1.54) is 0 Å². The van der Waals surface area contributed by atoms with E-state index in [1.54, 1.807) is 0 Å². The Kier molecular flexibility index (Phi) is 7.69. The van der Waals surface area contributed by atoms with Crippen molar-refractivity contribution >= 4 is 39.5 Å². The van der Waals surface area contributed by atoms with Crippen LogP contribution in [0.25, 0.3) is 10.8 Å². The Morgan fingerprint density at radius 2 is 1.83 bits per heavy atom. The van der Waals surface area contributed by atoms with Gasteiger partial charge >= 0.3 is 0 Å². The first-order valence-electron chi connectivity index (χ1n) is 10.2. The van der Waals surface area contributed by atoms with Crippen LogP contribution < -0.4 is 10.1 Å². The third kappa shape index (κ3) is 6.32. The van der Waals surface area contributed by atoms with Crippen LogP contribution in [0.15, 0.2) is 36.4 Å². The third-order valence-electron chi connectivity index (χ3n) is 4.96. The molecule has 0 bridgehead atoms. The molecule has 0 aliphatic carbocycles. The number of unbranched alkanes of at least 4 members (excludes halogenated alkanes) is 2. The Bertz CT molecular complexity index is 896. The molecular weight excluding hydrogens is 386 g/mol. The SMILES string of the molecule is CCCC(=O)CCCCCOc1ccc2cc(CC3SC(=O)NC3=O)ccc2c1. The van der Waals surface area contributed by atoms with E-state index in [4.69, 9.17) is 4.74 Å². The van der Waals surface area contributed by atoms with Crippen LogP contribution in [0.2, 0.25) is 0 Å². The lowest BCUT2D eigenvalue weighted by Gasteiger charge is -2.09. The monoisotopic (exact) mass is 413 g/mol. The minimum absolute atomic E-state index is 0.210. The van der Waals surface area contributed by atoms with Gasteiger partial charge in [0.2, 0.25) is 5.91 Å². The minimum Gasteiger partial charge on any atom is -0.494 e. The Morgan fingerprint density at radius 1 is 1.03 bits per heavy atom. The van der Waals surface area contributed by atoms with E-state index in [9.17, 15) is 14.4 Å². The minimum atomic E-state index is -0.347. The second-order valence-corrected chi connectivity index (χ2v) is 8.55. The van der Waals surface area contributed by atoms with Crippen LogP contribution in [0.1, 0.15) is 51.0 Å². The van der Waals surface area contributed by atoms with Crippen LogP contribution in [0.3, 0.4) is 0 Å². The molecule has 1 fully saturated rings. The predicted octanol–water partition coefficient (Wildman–Crippen LogP) is 5.04. The first-order chi connectivity index (χ1) is 14.0. The molecule has 6 heteroatoms. The smallest absolute Gasteiger partial charge is 0.286 e. The standard InChI is InChI=1S/C23H27NO4S/c1-2-6-19(25)7-4-3-5-12-28-20-11-10-17-13-16(8-9-18(17)15-20)14-21-22(26)24-23(27)29-21/h8-11,13,15,21H,2-7,12,14H2,1H3,(H,24,26,27). The highest BCUT2D eigenvalue weighted by molar-refractivity contribution is 8.15. The normalized spacial score (nSPS) is 16.2. The van der Waals surface area contributed by atoms with E-state index in [1.807, 2.05) is 37.3 Å². The number of hydrogen-bond donors (Lipinski definition) is 1. The number of carbonyl (C=O) groups is 3. The number of thioether (sulfide) groups is 1. The maximum atomic E-state index is 11.7. The molecule has 2 aromatic carbocycles. The van der Waals surface area contributed by atoms with E-state index in [2.05, 4.69) is 11.4 Å². The summed E-state index contributed by atoms with van der Waals surface area (Å²) in [4.78, 5) is 34.6. The number of benzene rings is 2. The van der Waals surface area contributed by atoms with Crippen molar-refractivity contribution in [1.82, 2.24) is 5.32 Å². The van der Waals surface area contributed by atoms with Crippen molar-refractivity contribution in [3.63, 3.8) is 0 Å². The second kappa shape index (κ2) is 10.4. The number of ether oxygens (including phenoxy) is 1. The van der Waals surface area contributed by atoms with Gasteiger partial charge in [0.15, 0.2) is 0 Å². The van der Waals surface area contributed by atoms with Gasteiger partial charge in [0, 0.05) is 12.8 Å². The Labute approximate surface area is 175 Å². The lowest BCUT2D eigenvalue weighted by molar-refractivity contribution is -0.119. The molecule has 1 saturated heterocycles. The van der Waals surface area contributed by atoms with Gasteiger partial charge in [-0.15, -0.1) is 0 Å². The van der Waals surface area contributed by atoms with E-state index in [0.717, 1.165) is 59.5 Å². The number of carbonyl (C=O) groups excluding carboxylic acids is 3. The molecule has 5 nitrogen and oxygen atoms in total. The van der Waals surface area contributed by atoms with Crippen LogP contribution in [0.4, 0.5) is 4.79 Å². The molecule has 0 saturated carbocycles. The summed E-state index contributed by atoms with van der Waals surface area (Å²) in [6, 6.07) is 12.1. The number of amides is 2. The number of imide groups is 1. The summed E-state index contributed by atoms with van der Waals surface area (Å²) >= 11 is 1.06. The summed E-state index contributed by atoms with van der Waals surface area (Å²) in [5.41, 5.74) is 1.03. The van der Waals surface area contributed by atoms with E-state index >= 15 is 0 Å². The molecule has 1 aliphatic rings. The Hall–Kier alpha value is -2.34. The quantitative estimate of drug-likeness (QED) is 0.522. The molecule has 29 heavy (non-hydrogen) atoms. The van der Waals surface area contributed by atoms with Crippen LogP contribution >= 0.6 is 11.8 Å². The largest absolute Gasteiger partial charge is 0.494 e. The van der Waals surface area contributed by atoms with Crippen molar-refractivity contribution < 1.29 is 19.1 Å². The van der Waals surface area contributed by atoms with Gasteiger partial charge in [-0.25, -0.2) is 0 Å². The van der Waals surface area contributed by atoms with E-state index < -0.39 is 0 Å². The molecule has 154 valence electrons. The van der Waals surface area contributed by atoms with Gasteiger partial charge in [-0.2, -0.15) is 0 Å². The molecular formula is C23H27NO4S. The fourth-order valence-corrected chi connectivity index (χ4v) is 4.29. The number of hydrogen-bond acceptors (Lipinski definition) is 5. The molecule has 0 spiro atoms. The van der Waals surface area contributed by atoms with Crippen LogP contribution in [0, 0.1) is 0 Å². The summed E-state index contributed by atoms with van der Waals surface area (Å²) in [7, 11) is 0. The molecule has 2 amide bonds. The lowest BCUT2D eigenvalue weighted by Crippen LogP contribution is -2.25. The van der Waals surface area contributed by atoms with Crippen molar-refractivity contribution in [2.75, 3.05) is 6.61 Å². The molecule has 0 radical (unpaired) electrons. The average Bonchev–Trinajstić information content (AvgIpc) is 3.01. The average molecular weight is 414 g/mol. The highest BCUT2D eigenvalue weighted by atomic mass is 32.2. The summed E-state index contributed by atoms with van der Waals surface area (Å²) in [6.07, 6.45) is 5.72. The van der Waals surface area contributed by atoms with Crippen molar-refractivity contribution in [3.8, 4) is 5.75 Å². The van der Waals surface area contributed by atoms with Crippen molar-refractivity contribution in [2.24, 2.45) is 0 Å². The zero-order chi connectivity index (χ0) is 20.6. The van der Waals surface area contributed by atoms with Crippen molar-refractivity contribution in [2.45, 2.75) is 57.1 Å². The molecule has 1 unspecified atom stereocenters. The van der Waals surface area contributed by atoms with Gasteiger partial charge in [0.25, 0.3) is 5.24 Å². The lowest BCUT2D eigenvalue weighted by atomic mass is 10.0. The maximum absolute atomic E-state index is 11.7. The molecule has 0 aromatic heterocycles. The Balaban J connectivity index is 1.47. The van der Waals surface area contributed by atoms with Gasteiger partial charge < -0.3 is 4.74 Å². The fourth-order valence-electron chi connectivity index (χ4n) is 3.43. The van der Waals surface area contributed by atoms with Crippen LogP contribution in [0.5, 0.6) is 5.75 Å². The molecule has 1 N–H and O–H groups in total. The number of fused-ring (bicyclic) bond motifs is 1. The summed E-state index contributed by atoms with van der Waals surface area (Å²) in [5, 5.41) is 3.87. The summed E-state index contributed by atoms with van der Waals surface area (Å²) in [5.74, 6) is 0.989. The van der Waals surface area contributed by atoms with Gasteiger partial charge in [-0.3, -0.25) is 19.7 Å². The highest BCUT2D eigenvalue weighted by Gasteiger charge is 2.31. The first kappa shape index (κ1) is 21.4. The van der Waals surface area contributed by atoms with E-state index in [-0.39, 0.29) is 16.4 Å². The van der Waals surface area contributed by atoms with Crippen molar-refractivity contribution in [3.05, 3.63) is 42.0 Å². The number of Topliss-reactive ketones (excluding diaryl/α,β-unsaturated/α-hetero) is 1. The highest BCUT2D eigenvalue weighted by Crippen LogP contribution is 2.26. The fraction of sp³-hybridized carbons (Fsp3) is 0.435. The molecule has 2 aromatic rings. The van der Waals surface area contributed by atoms with Crippen LogP contribution in [-0.2, 0) is 16.0 Å². The van der Waals surface area contributed by atoms with Gasteiger partial charge in [-0.05, 0) is 60.6 Å². The number of nitrogens with one attached hydrogen (secondary N) is 1. The number of rotatable bonds is 11. The second-order valence-electron chi connectivity index (χ2n) is 7.38. The maximum Gasteiger partial charge on any atom is 0.286 e. The summed E-state index contributed by atoms with van der Waals surface area (Å²) in [6.45, 7) is 2.68. The Morgan fingerprint density at radius 3 is 2.59 bits per heavy atom. The zero-order valence-corrected chi connectivity index (χ0v) is 17.6. The molecule has 1 aliphatic heterocycles. The van der Waals surface area contributed by atoms with Gasteiger partial charge in [-0.1, -0.05) is 43.0 Å². The number of ketones is 1.